The van der Waals surface area contributed by atoms with Gasteiger partial charge in [-0.05, 0) is 30.5 Å². The molecule has 5 nitrogen and oxygen atoms in total. The van der Waals surface area contributed by atoms with Crippen LogP contribution in [-0.4, -0.2) is 17.4 Å². The predicted molar refractivity (Wildman–Crippen MR) is 79.1 cm³/mol. The average Bonchev–Trinajstić information content (AvgIpc) is 2.52. The van der Waals surface area contributed by atoms with Crippen LogP contribution in [0.5, 0.6) is 0 Å². The zero-order chi connectivity index (χ0) is 14.2. The van der Waals surface area contributed by atoms with E-state index in [-0.39, 0.29) is 5.91 Å². The molecule has 0 saturated carbocycles. The van der Waals surface area contributed by atoms with Crippen LogP contribution in [0.3, 0.4) is 0 Å². The molecule has 0 fully saturated rings. The minimum atomic E-state index is -0.114. The summed E-state index contributed by atoms with van der Waals surface area (Å²) in [6, 6.07) is 13.5. The Morgan fingerprint density at radius 3 is 2.75 bits per heavy atom. The van der Waals surface area contributed by atoms with Crippen LogP contribution in [0.25, 0.3) is 0 Å². The number of rotatable bonds is 6. The number of hydrogen-bond donors (Lipinski definition) is 3. The molecule has 0 aliphatic carbocycles. The molecule has 2 rings (SSSR count). The van der Waals surface area contributed by atoms with Gasteiger partial charge >= 0.3 is 0 Å². The highest BCUT2D eigenvalue weighted by atomic mass is 16.1. The van der Waals surface area contributed by atoms with Gasteiger partial charge in [-0.2, -0.15) is 0 Å². The van der Waals surface area contributed by atoms with Crippen LogP contribution in [0.4, 0.5) is 5.82 Å². The summed E-state index contributed by atoms with van der Waals surface area (Å²) in [5.74, 6) is 5.62. The zero-order valence-corrected chi connectivity index (χ0v) is 11.2. The maximum absolute atomic E-state index is 11.9. The number of carbonyl (C=O) groups is 1. The van der Waals surface area contributed by atoms with Gasteiger partial charge in [0.25, 0.3) is 5.91 Å². The van der Waals surface area contributed by atoms with E-state index >= 15 is 0 Å². The van der Waals surface area contributed by atoms with E-state index in [0.717, 1.165) is 12.8 Å². The third-order valence-electron chi connectivity index (χ3n) is 2.94. The van der Waals surface area contributed by atoms with Crippen molar-refractivity contribution < 1.29 is 4.79 Å². The van der Waals surface area contributed by atoms with Crippen molar-refractivity contribution in [3.63, 3.8) is 0 Å². The lowest BCUT2D eigenvalue weighted by molar-refractivity contribution is 0.0953. The summed E-state index contributed by atoms with van der Waals surface area (Å²) < 4.78 is 0. The highest BCUT2D eigenvalue weighted by molar-refractivity contribution is 5.94. The Kier molecular flexibility index (Phi) is 5.08. The molecule has 1 aromatic carbocycles. The summed E-state index contributed by atoms with van der Waals surface area (Å²) in [6.45, 7) is 0.640. The molecule has 0 atom stereocenters. The molecule has 0 bridgehead atoms. The number of anilines is 1. The van der Waals surface area contributed by atoms with E-state index in [0.29, 0.717) is 17.9 Å². The maximum Gasteiger partial charge on any atom is 0.251 e. The van der Waals surface area contributed by atoms with Crippen LogP contribution in [0.15, 0.2) is 48.7 Å². The Bertz CT molecular complexity index is 557. The molecule has 4 N–H and O–H groups in total. The Labute approximate surface area is 118 Å². The van der Waals surface area contributed by atoms with Crippen molar-refractivity contribution in [1.82, 2.24) is 10.3 Å². The zero-order valence-electron chi connectivity index (χ0n) is 11.2. The summed E-state index contributed by atoms with van der Waals surface area (Å²) in [5.41, 5.74) is 4.25. The molecule has 0 spiro atoms. The van der Waals surface area contributed by atoms with Crippen LogP contribution in [-0.2, 0) is 6.42 Å². The normalized spacial score (nSPS) is 10.1. The fraction of sp³-hybridized carbons (Fsp3) is 0.200. The number of hydrazine groups is 1. The van der Waals surface area contributed by atoms with Gasteiger partial charge in [0.1, 0.15) is 5.82 Å². The van der Waals surface area contributed by atoms with E-state index in [1.54, 1.807) is 18.3 Å². The number of aromatic nitrogens is 1. The number of nitrogens with two attached hydrogens (primary N) is 1. The SMILES string of the molecule is NNc1cc(C(=O)NCCCc2ccccc2)ccn1. The molecular weight excluding hydrogens is 252 g/mol. The summed E-state index contributed by atoms with van der Waals surface area (Å²) >= 11 is 0. The fourth-order valence-corrected chi connectivity index (χ4v) is 1.89. The van der Waals surface area contributed by atoms with Gasteiger partial charge in [0.2, 0.25) is 0 Å². The number of benzene rings is 1. The number of nitrogens with zero attached hydrogens (tertiary/aromatic N) is 1. The molecule has 0 radical (unpaired) electrons. The molecule has 5 heteroatoms. The Morgan fingerprint density at radius 1 is 1.20 bits per heavy atom. The van der Waals surface area contributed by atoms with Gasteiger partial charge in [0, 0.05) is 18.3 Å². The van der Waals surface area contributed by atoms with E-state index in [4.69, 9.17) is 5.84 Å². The second-order valence-electron chi connectivity index (χ2n) is 4.42. The number of hydrogen-bond acceptors (Lipinski definition) is 4. The third kappa shape index (κ3) is 4.07. The smallest absolute Gasteiger partial charge is 0.251 e. The lowest BCUT2D eigenvalue weighted by Crippen LogP contribution is -2.25. The minimum Gasteiger partial charge on any atom is -0.352 e. The van der Waals surface area contributed by atoms with Crippen molar-refractivity contribution in [2.24, 2.45) is 5.84 Å². The standard InChI is InChI=1S/C15H18N4O/c16-19-14-11-13(8-10-17-14)15(20)18-9-4-7-12-5-2-1-3-6-12/h1-3,5-6,8,10-11H,4,7,9,16H2,(H,17,19)(H,18,20). The molecular formula is C15H18N4O. The molecule has 104 valence electrons. The summed E-state index contributed by atoms with van der Waals surface area (Å²) in [5, 5.41) is 2.89. The lowest BCUT2D eigenvalue weighted by atomic mass is 10.1. The van der Waals surface area contributed by atoms with Crippen molar-refractivity contribution in [3.8, 4) is 0 Å². The predicted octanol–water partition coefficient (Wildman–Crippen LogP) is 1.73. The van der Waals surface area contributed by atoms with Crippen molar-refractivity contribution in [2.45, 2.75) is 12.8 Å². The molecule has 1 amide bonds. The number of aryl methyl sites for hydroxylation is 1. The number of pyridine rings is 1. The number of nitrogen functional groups attached to an aromatic ring is 1. The highest BCUT2D eigenvalue weighted by Gasteiger charge is 2.05. The van der Waals surface area contributed by atoms with Crippen molar-refractivity contribution in [1.29, 1.82) is 0 Å². The van der Waals surface area contributed by atoms with Gasteiger partial charge in [0.15, 0.2) is 0 Å². The molecule has 0 unspecified atom stereocenters. The quantitative estimate of drug-likeness (QED) is 0.424. The average molecular weight is 270 g/mol. The van der Waals surface area contributed by atoms with Crippen LogP contribution in [0, 0.1) is 0 Å². The number of amides is 1. The number of carbonyl (C=O) groups excluding carboxylic acids is 1. The van der Waals surface area contributed by atoms with Gasteiger partial charge in [-0.3, -0.25) is 4.79 Å². The summed E-state index contributed by atoms with van der Waals surface area (Å²) in [6.07, 6.45) is 3.41. The van der Waals surface area contributed by atoms with Crippen molar-refractivity contribution in [2.75, 3.05) is 12.0 Å². The van der Waals surface area contributed by atoms with Crippen LogP contribution in [0.2, 0.25) is 0 Å². The molecule has 0 saturated heterocycles. The first-order valence-corrected chi connectivity index (χ1v) is 6.54. The third-order valence-corrected chi connectivity index (χ3v) is 2.94. The van der Waals surface area contributed by atoms with Gasteiger partial charge in [-0.25, -0.2) is 10.8 Å². The van der Waals surface area contributed by atoms with E-state index in [9.17, 15) is 4.79 Å². The van der Waals surface area contributed by atoms with Gasteiger partial charge in [0.05, 0.1) is 0 Å². The van der Waals surface area contributed by atoms with Crippen molar-refractivity contribution >= 4 is 11.7 Å². The molecule has 0 aliphatic heterocycles. The second kappa shape index (κ2) is 7.25. The molecule has 1 heterocycles. The maximum atomic E-state index is 11.9. The van der Waals surface area contributed by atoms with Gasteiger partial charge in [-0.15, -0.1) is 0 Å². The Balaban J connectivity index is 1.77. The van der Waals surface area contributed by atoms with Gasteiger partial charge in [-0.1, -0.05) is 30.3 Å². The second-order valence-corrected chi connectivity index (χ2v) is 4.42. The van der Waals surface area contributed by atoms with Crippen LogP contribution in [0.1, 0.15) is 22.3 Å². The first kappa shape index (κ1) is 14.0. The first-order valence-electron chi connectivity index (χ1n) is 6.54. The molecule has 2 aromatic rings. The first-order chi connectivity index (χ1) is 9.79. The Morgan fingerprint density at radius 2 is 2.00 bits per heavy atom. The lowest BCUT2D eigenvalue weighted by Gasteiger charge is -2.06. The van der Waals surface area contributed by atoms with E-state index in [1.165, 1.54) is 5.56 Å². The van der Waals surface area contributed by atoms with E-state index < -0.39 is 0 Å². The minimum absolute atomic E-state index is 0.114. The molecule has 0 aliphatic rings. The van der Waals surface area contributed by atoms with E-state index in [2.05, 4.69) is 27.9 Å². The highest BCUT2D eigenvalue weighted by Crippen LogP contribution is 2.05. The van der Waals surface area contributed by atoms with Gasteiger partial charge < -0.3 is 10.7 Å². The largest absolute Gasteiger partial charge is 0.352 e. The summed E-state index contributed by atoms with van der Waals surface area (Å²) in [4.78, 5) is 15.9. The van der Waals surface area contributed by atoms with Crippen LogP contribution < -0.4 is 16.6 Å². The number of nitrogens with one attached hydrogen (secondary N) is 2. The van der Waals surface area contributed by atoms with Crippen molar-refractivity contribution in [3.05, 3.63) is 59.8 Å². The topological polar surface area (TPSA) is 80.0 Å². The van der Waals surface area contributed by atoms with Crippen LogP contribution >= 0.6 is 0 Å². The monoisotopic (exact) mass is 270 g/mol. The molecule has 20 heavy (non-hydrogen) atoms. The fourth-order valence-electron chi connectivity index (χ4n) is 1.89. The molecule has 1 aromatic heterocycles. The Hall–Kier alpha value is -2.40. The summed E-state index contributed by atoms with van der Waals surface area (Å²) in [7, 11) is 0. The van der Waals surface area contributed by atoms with E-state index in [1.807, 2.05) is 18.2 Å².